The zero-order valence-corrected chi connectivity index (χ0v) is 18.9. The van der Waals surface area contributed by atoms with Crippen LogP contribution >= 0.6 is 0 Å². The van der Waals surface area contributed by atoms with Gasteiger partial charge in [-0.25, -0.2) is 4.79 Å². The Morgan fingerprint density at radius 2 is 1.44 bits per heavy atom. The normalized spacial score (nSPS) is 14.8. The molecule has 0 spiro atoms. The summed E-state index contributed by atoms with van der Waals surface area (Å²) in [5.41, 5.74) is 3.35. The maximum Gasteiger partial charge on any atom is 0.408 e. The molecule has 7 nitrogen and oxygen atoms in total. The third-order valence-electron chi connectivity index (χ3n) is 6.22. The summed E-state index contributed by atoms with van der Waals surface area (Å²) in [6, 6.07) is 23.5. The average molecular weight is 459 g/mol. The van der Waals surface area contributed by atoms with Crippen molar-refractivity contribution in [3.63, 3.8) is 0 Å². The molecule has 2 amide bonds. The zero-order valence-electron chi connectivity index (χ0n) is 18.9. The van der Waals surface area contributed by atoms with E-state index in [1.54, 1.807) is 30.3 Å². The van der Waals surface area contributed by atoms with Crippen molar-refractivity contribution >= 4 is 18.0 Å². The summed E-state index contributed by atoms with van der Waals surface area (Å²) in [6.45, 7) is 2.98. The molecule has 3 aromatic carbocycles. The number of fused-ring (bicyclic) bond motifs is 3. The van der Waals surface area contributed by atoms with Crippen molar-refractivity contribution in [2.24, 2.45) is 0 Å². The lowest BCUT2D eigenvalue weighted by atomic mass is 9.90. The lowest BCUT2D eigenvalue weighted by Crippen LogP contribution is -2.57. The Morgan fingerprint density at radius 3 is 2.00 bits per heavy atom. The van der Waals surface area contributed by atoms with Gasteiger partial charge in [-0.05, 0) is 41.7 Å². The molecule has 0 radical (unpaired) electrons. The van der Waals surface area contributed by atoms with Gasteiger partial charge in [0.15, 0.2) is 0 Å². The highest BCUT2D eigenvalue weighted by atomic mass is 16.5. The second-order valence-electron chi connectivity index (χ2n) is 8.47. The van der Waals surface area contributed by atoms with Crippen LogP contribution in [0.25, 0.3) is 11.1 Å². The first-order valence-corrected chi connectivity index (χ1v) is 11.0. The molecule has 1 aliphatic rings. The second-order valence-corrected chi connectivity index (χ2v) is 8.47. The van der Waals surface area contributed by atoms with Crippen molar-refractivity contribution < 1.29 is 24.2 Å². The van der Waals surface area contributed by atoms with Crippen LogP contribution in [0.3, 0.4) is 0 Å². The number of hydrogen-bond acceptors (Lipinski definition) is 4. The van der Waals surface area contributed by atoms with E-state index in [2.05, 4.69) is 22.8 Å². The second kappa shape index (κ2) is 9.39. The van der Waals surface area contributed by atoms with E-state index in [9.17, 15) is 19.5 Å². The molecular formula is C27H26N2O5. The lowest BCUT2D eigenvalue weighted by Gasteiger charge is -2.30. The molecule has 4 rings (SSSR count). The largest absolute Gasteiger partial charge is 0.480 e. The number of nitrogens with one attached hydrogen (secondary N) is 2. The minimum absolute atomic E-state index is 0.0951. The SMILES string of the molecule is C[C@H](NC(=O)C(C)(NC(=O)OCC1c2ccccc2-c2ccccc21)c1ccccc1)C(=O)O. The van der Waals surface area contributed by atoms with Crippen LogP contribution in [0.2, 0.25) is 0 Å². The summed E-state index contributed by atoms with van der Waals surface area (Å²) in [5.74, 6) is -1.95. The predicted octanol–water partition coefficient (Wildman–Crippen LogP) is 4.03. The van der Waals surface area contributed by atoms with Gasteiger partial charge in [0.1, 0.15) is 18.2 Å². The standard InChI is InChI=1S/C27H26N2O5/c1-17(24(30)31)28-25(32)27(2,18-10-4-3-5-11-18)29-26(33)34-16-23-21-14-8-6-12-19(21)20-13-7-9-15-22(20)23/h3-15,17,23H,16H2,1-2H3,(H,28,32)(H,29,33)(H,30,31)/t17-,27?/m0/s1. The molecule has 3 aromatic rings. The summed E-state index contributed by atoms with van der Waals surface area (Å²) in [5, 5.41) is 14.3. The molecule has 2 atom stereocenters. The highest BCUT2D eigenvalue weighted by molar-refractivity contribution is 5.93. The third kappa shape index (κ3) is 4.37. The van der Waals surface area contributed by atoms with Gasteiger partial charge in [-0.2, -0.15) is 0 Å². The molecule has 0 fully saturated rings. The van der Waals surface area contributed by atoms with Crippen LogP contribution in [-0.2, 0) is 19.9 Å². The zero-order chi connectivity index (χ0) is 24.3. The maximum atomic E-state index is 13.1. The Labute approximate surface area is 197 Å². The van der Waals surface area contributed by atoms with Crippen LogP contribution in [-0.4, -0.2) is 35.7 Å². The van der Waals surface area contributed by atoms with Gasteiger partial charge in [0.05, 0.1) is 0 Å². The van der Waals surface area contributed by atoms with Crippen LogP contribution in [0.4, 0.5) is 4.79 Å². The third-order valence-corrected chi connectivity index (χ3v) is 6.22. The van der Waals surface area contributed by atoms with Crippen LogP contribution in [0.15, 0.2) is 78.9 Å². The smallest absolute Gasteiger partial charge is 0.408 e. The number of carbonyl (C=O) groups excluding carboxylic acids is 2. The molecule has 0 heterocycles. The number of benzene rings is 3. The monoisotopic (exact) mass is 458 g/mol. The van der Waals surface area contributed by atoms with Crippen LogP contribution in [0, 0.1) is 0 Å². The molecule has 1 aliphatic carbocycles. The molecule has 34 heavy (non-hydrogen) atoms. The minimum atomic E-state index is -1.53. The van der Waals surface area contributed by atoms with E-state index in [1.807, 2.05) is 36.4 Å². The topological polar surface area (TPSA) is 105 Å². The number of carbonyl (C=O) groups is 3. The van der Waals surface area contributed by atoms with Gasteiger partial charge in [0.25, 0.3) is 5.91 Å². The molecule has 0 aromatic heterocycles. The van der Waals surface area contributed by atoms with Gasteiger partial charge in [0, 0.05) is 5.92 Å². The molecule has 0 bridgehead atoms. The molecule has 7 heteroatoms. The van der Waals surface area contributed by atoms with E-state index in [0.717, 1.165) is 22.3 Å². The number of rotatable bonds is 7. The summed E-state index contributed by atoms with van der Waals surface area (Å²) >= 11 is 0. The number of carboxylic acids is 1. The lowest BCUT2D eigenvalue weighted by molar-refractivity contribution is -0.142. The average Bonchev–Trinajstić information content (AvgIpc) is 3.16. The number of hydrogen-bond donors (Lipinski definition) is 3. The van der Waals surface area contributed by atoms with Crippen molar-refractivity contribution in [2.45, 2.75) is 31.3 Å². The van der Waals surface area contributed by atoms with Crippen molar-refractivity contribution in [3.05, 3.63) is 95.6 Å². The van der Waals surface area contributed by atoms with E-state index in [-0.39, 0.29) is 12.5 Å². The first-order valence-electron chi connectivity index (χ1n) is 11.0. The van der Waals surface area contributed by atoms with Gasteiger partial charge in [-0.1, -0.05) is 78.9 Å². The fourth-order valence-electron chi connectivity index (χ4n) is 4.27. The van der Waals surface area contributed by atoms with E-state index >= 15 is 0 Å². The number of carboxylic acid groups (broad SMARTS) is 1. The Bertz CT molecular complexity index is 1180. The number of ether oxygens (including phenoxy) is 1. The summed E-state index contributed by atoms with van der Waals surface area (Å²) in [6.07, 6.45) is -0.772. The Kier molecular flexibility index (Phi) is 6.36. The van der Waals surface area contributed by atoms with Crippen LogP contribution in [0.1, 0.15) is 36.5 Å². The first kappa shape index (κ1) is 23.0. The summed E-state index contributed by atoms with van der Waals surface area (Å²) < 4.78 is 5.61. The van der Waals surface area contributed by atoms with Gasteiger partial charge < -0.3 is 20.5 Å². The van der Waals surface area contributed by atoms with Crippen LogP contribution in [0.5, 0.6) is 0 Å². The Balaban J connectivity index is 1.53. The minimum Gasteiger partial charge on any atom is -0.480 e. The van der Waals surface area contributed by atoms with Crippen LogP contribution < -0.4 is 10.6 Å². The van der Waals surface area contributed by atoms with Gasteiger partial charge in [0.2, 0.25) is 0 Å². The van der Waals surface area contributed by atoms with Crippen molar-refractivity contribution in [2.75, 3.05) is 6.61 Å². The first-order chi connectivity index (χ1) is 16.3. The molecule has 3 N–H and O–H groups in total. The molecular weight excluding hydrogens is 432 g/mol. The molecule has 174 valence electrons. The molecule has 0 saturated carbocycles. The van der Waals surface area contributed by atoms with Crippen molar-refractivity contribution in [1.29, 1.82) is 0 Å². The summed E-state index contributed by atoms with van der Waals surface area (Å²) in [7, 11) is 0. The number of aliphatic carboxylic acids is 1. The molecule has 1 unspecified atom stereocenters. The van der Waals surface area contributed by atoms with E-state index < -0.39 is 29.6 Å². The highest BCUT2D eigenvalue weighted by Crippen LogP contribution is 2.44. The molecule has 0 saturated heterocycles. The van der Waals surface area contributed by atoms with Crippen molar-refractivity contribution in [3.8, 4) is 11.1 Å². The van der Waals surface area contributed by atoms with E-state index in [0.29, 0.717) is 5.56 Å². The molecule has 0 aliphatic heterocycles. The number of alkyl carbamates (subject to hydrolysis) is 1. The van der Waals surface area contributed by atoms with Gasteiger partial charge >= 0.3 is 12.1 Å². The fourth-order valence-corrected chi connectivity index (χ4v) is 4.27. The Morgan fingerprint density at radius 1 is 0.912 bits per heavy atom. The fraction of sp³-hybridized carbons (Fsp3) is 0.222. The quantitative estimate of drug-likeness (QED) is 0.496. The van der Waals surface area contributed by atoms with E-state index in [4.69, 9.17) is 4.74 Å². The Hall–Kier alpha value is -4.13. The predicted molar refractivity (Wildman–Crippen MR) is 127 cm³/mol. The van der Waals surface area contributed by atoms with Gasteiger partial charge in [-0.15, -0.1) is 0 Å². The highest BCUT2D eigenvalue weighted by Gasteiger charge is 2.39. The van der Waals surface area contributed by atoms with Gasteiger partial charge in [-0.3, -0.25) is 9.59 Å². The summed E-state index contributed by atoms with van der Waals surface area (Å²) in [4.78, 5) is 37.2. The van der Waals surface area contributed by atoms with E-state index in [1.165, 1.54) is 13.8 Å². The maximum absolute atomic E-state index is 13.1. The number of amides is 2. The van der Waals surface area contributed by atoms with Crippen molar-refractivity contribution in [1.82, 2.24) is 10.6 Å².